The van der Waals surface area contributed by atoms with E-state index in [9.17, 15) is 8.42 Å². The molecule has 2 atom stereocenters. The second-order valence-corrected chi connectivity index (χ2v) is 11.1. The average Bonchev–Trinajstić information content (AvgIpc) is 3.43. The van der Waals surface area contributed by atoms with Crippen LogP contribution in [0.4, 0.5) is 5.69 Å². The van der Waals surface area contributed by atoms with Crippen LogP contribution in [0, 0.1) is 12.8 Å². The highest BCUT2D eigenvalue weighted by atomic mass is 32.2. The molecular formula is C26H35N5O3S. The predicted octanol–water partition coefficient (Wildman–Crippen LogP) is 5.79. The topological polar surface area (TPSA) is 114 Å². The highest BCUT2D eigenvalue weighted by Crippen LogP contribution is 2.41. The molecule has 0 bridgehead atoms. The Morgan fingerprint density at radius 1 is 1.09 bits per heavy atom. The molecule has 2 unspecified atom stereocenters. The molecule has 0 fully saturated rings. The maximum absolute atomic E-state index is 11.8. The van der Waals surface area contributed by atoms with E-state index >= 15 is 0 Å². The van der Waals surface area contributed by atoms with Crippen molar-refractivity contribution in [3.8, 4) is 0 Å². The molecule has 2 heterocycles. The number of sulfonamides is 1. The smallest absolute Gasteiger partial charge is 0.232 e. The molecule has 2 aromatic carbocycles. The average molecular weight is 498 g/mol. The summed E-state index contributed by atoms with van der Waals surface area (Å²) in [4.78, 5) is 4.46. The molecule has 0 saturated heterocycles. The molecule has 188 valence electrons. The first kappa shape index (κ1) is 26.4. The third kappa shape index (κ3) is 6.08. The number of aromatic amines is 1. The van der Waals surface area contributed by atoms with Crippen molar-refractivity contribution in [2.24, 2.45) is 5.92 Å². The van der Waals surface area contributed by atoms with Crippen LogP contribution in [0.3, 0.4) is 0 Å². The summed E-state index contributed by atoms with van der Waals surface area (Å²) in [5, 5.41) is 12.6. The van der Waals surface area contributed by atoms with Gasteiger partial charge in [0.15, 0.2) is 5.82 Å². The number of anilines is 1. The second-order valence-electron chi connectivity index (χ2n) is 9.31. The van der Waals surface area contributed by atoms with Crippen molar-refractivity contribution < 1.29 is 12.9 Å². The lowest BCUT2D eigenvalue weighted by Crippen LogP contribution is -2.25. The van der Waals surface area contributed by atoms with Crippen molar-refractivity contribution in [3.05, 3.63) is 71.5 Å². The van der Waals surface area contributed by atoms with Gasteiger partial charge < -0.3 is 4.52 Å². The fraction of sp³-hybridized carbons (Fsp3) is 0.423. The number of H-pyrrole nitrogens is 1. The third-order valence-electron chi connectivity index (χ3n) is 5.89. The minimum atomic E-state index is -3.43. The van der Waals surface area contributed by atoms with E-state index in [2.05, 4.69) is 58.0 Å². The van der Waals surface area contributed by atoms with Gasteiger partial charge in [0.25, 0.3) is 0 Å². The van der Waals surface area contributed by atoms with Crippen LogP contribution in [0.5, 0.6) is 0 Å². The number of para-hydroxylation sites is 1. The summed E-state index contributed by atoms with van der Waals surface area (Å²) >= 11 is 0. The van der Waals surface area contributed by atoms with Crippen LogP contribution in [-0.4, -0.2) is 35.0 Å². The number of aromatic nitrogens is 4. The lowest BCUT2D eigenvalue weighted by molar-refractivity contribution is 0.260. The molecule has 0 aliphatic carbocycles. The summed E-state index contributed by atoms with van der Waals surface area (Å²) in [6, 6.07) is 15.8. The molecule has 9 heteroatoms. The van der Waals surface area contributed by atoms with Gasteiger partial charge in [-0.05, 0) is 30.9 Å². The first-order valence-corrected chi connectivity index (χ1v) is 13.7. The molecule has 4 rings (SSSR count). The molecule has 0 spiro atoms. The zero-order valence-electron chi connectivity index (χ0n) is 21.5. The van der Waals surface area contributed by atoms with Gasteiger partial charge in [0.2, 0.25) is 15.9 Å². The van der Waals surface area contributed by atoms with Crippen molar-refractivity contribution in [3.63, 3.8) is 0 Å². The predicted molar refractivity (Wildman–Crippen MR) is 140 cm³/mol. The molecular weight excluding hydrogens is 462 g/mol. The number of benzene rings is 2. The first-order valence-electron chi connectivity index (χ1n) is 11.9. The van der Waals surface area contributed by atoms with E-state index in [1.165, 1.54) is 0 Å². The minimum absolute atomic E-state index is 0.00650. The van der Waals surface area contributed by atoms with Crippen molar-refractivity contribution in [2.75, 3.05) is 11.0 Å². The van der Waals surface area contributed by atoms with Gasteiger partial charge in [0.1, 0.15) is 5.52 Å². The van der Waals surface area contributed by atoms with Crippen LogP contribution >= 0.6 is 0 Å². The molecule has 2 N–H and O–H groups in total. The summed E-state index contributed by atoms with van der Waals surface area (Å²) in [6.07, 6.45) is 1.92. The zero-order valence-corrected chi connectivity index (χ0v) is 22.3. The van der Waals surface area contributed by atoms with Crippen LogP contribution in [0.15, 0.2) is 53.1 Å². The summed E-state index contributed by atoms with van der Waals surface area (Å²) in [6.45, 7) is 12.2. The highest BCUT2D eigenvalue weighted by molar-refractivity contribution is 7.92. The normalized spacial score (nSPS) is 13.7. The molecule has 0 aliphatic heterocycles. The van der Waals surface area contributed by atoms with E-state index in [4.69, 9.17) is 4.52 Å². The zero-order chi connectivity index (χ0) is 25.8. The van der Waals surface area contributed by atoms with Gasteiger partial charge in [-0.3, -0.25) is 9.82 Å². The number of aryl methyl sites for hydroxylation is 1. The van der Waals surface area contributed by atoms with E-state index in [1.54, 1.807) is 6.07 Å². The van der Waals surface area contributed by atoms with Gasteiger partial charge >= 0.3 is 0 Å². The molecule has 2 aromatic heterocycles. The van der Waals surface area contributed by atoms with Crippen molar-refractivity contribution >= 4 is 26.6 Å². The molecule has 0 amide bonds. The van der Waals surface area contributed by atoms with Gasteiger partial charge in [-0.2, -0.15) is 10.1 Å². The highest BCUT2D eigenvalue weighted by Gasteiger charge is 2.34. The molecule has 0 saturated carbocycles. The quantitative estimate of drug-likeness (QED) is 0.319. The Kier molecular flexibility index (Phi) is 8.00. The van der Waals surface area contributed by atoms with Crippen LogP contribution in [-0.2, 0) is 15.4 Å². The summed E-state index contributed by atoms with van der Waals surface area (Å²) < 4.78 is 31.7. The third-order valence-corrected chi connectivity index (χ3v) is 6.48. The Hall–Kier alpha value is -3.20. The maximum Gasteiger partial charge on any atom is 0.232 e. The van der Waals surface area contributed by atoms with E-state index in [0.717, 1.165) is 29.3 Å². The Morgan fingerprint density at radius 3 is 2.37 bits per heavy atom. The van der Waals surface area contributed by atoms with Crippen molar-refractivity contribution in [2.45, 2.75) is 59.3 Å². The molecule has 0 aliphatic rings. The van der Waals surface area contributed by atoms with Crippen molar-refractivity contribution in [1.82, 2.24) is 20.3 Å². The number of rotatable bonds is 8. The second kappa shape index (κ2) is 10.6. The number of fused-ring (bicyclic) bond motifs is 1. The summed E-state index contributed by atoms with van der Waals surface area (Å²) in [5.41, 5.74) is 2.82. The van der Waals surface area contributed by atoms with Crippen molar-refractivity contribution in [1.29, 1.82) is 0 Å². The van der Waals surface area contributed by atoms with Gasteiger partial charge in [-0.25, -0.2) is 8.42 Å². The number of nitrogens with one attached hydrogen (secondary N) is 2. The van der Waals surface area contributed by atoms with Crippen LogP contribution in [0.2, 0.25) is 0 Å². The van der Waals surface area contributed by atoms with E-state index in [1.807, 2.05) is 51.1 Å². The molecule has 4 aromatic rings. The number of hydrogen-bond acceptors (Lipinski definition) is 6. The van der Waals surface area contributed by atoms with E-state index in [-0.39, 0.29) is 17.3 Å². The Bertz CT molecular complexity index is 1360. The van der Waals surface area contributed by atoms with Crippen LogP contribution < -0.4 is 4.72 Å². The van der Waals surface area contributed by atoms with Gasteiger partial charge in [0, 0.05) is 16.7 Å². The Balaban J connectivity index is 0.00000167. The fourth-order valence-corrected chi connectivity index (χ4v) is 5.16. The lowest BCUT2D eigenvalue weighted by Gasteiger charge is -2.30. The number of hydrogen-bond donors (Lipinski definition) is 2. The largest absolute Gasteiger partial charge is 0.339 e. The van der Waals surface area contributed by atoms with Gasteiger partial charge in [-0.15, -0.1) is 0 Å². The summed E-state index contributed by atoms with van der Waals surface area (Å²) in [7, 11) is -3.43. The van der Waals surface area contributed by atoms with Gasteiger partial charge in [0.05, 0.1) is 17.6 Å². The maximum atomic E-state index is 11.8. The van der Waals surface area contributed by atoms with E-state index in [0.29, 0.717) is 22.9 Å². The van der Waals surface area contributed by atoms with Crippen LogP contribution in [0.25, 0.3) is 10.9 Å². The SMILES string of the molecule is CC.Cc1noc(C(C)(C)CC(C)C(c2ccccc2)c2[nH]nc3c(NS(C)(=O)=O)cccc23)n1. The first-order chi connectivity index (χ1) is 16.5. The fourth-order valence-electron chi connectivity index (χ4n) is 4.60. The molecule has 35 heavy (non-hydrogen) atoms. The monoisotopic (exact) mass is 497 g/mol. The molecule has 0 radical (unpaired) electrons. The van der Waals surface area contributed by atoms with Crippen LogP contribution in [0.1, 0.15) is 69.9 Å². The molecule has 8 nitrogen and oxygen atoms in total. The summed E-state index contributed by atoms with van der Waals surface area (Å²) in [5.74, 6) is 1.40. The standard InChI is InChI=1S/C24H29N5O3S.C2H6/c1-15(14-24(3,4)23-25-16(2)28-32-23)20(17-10-7-6-8-11-17)22-18-12-9-13-19(21(18)26-27-22)29-33(5,30)31;1-2/h6-13,15,20,29H,14H2,1-5H3,(H,26,27);1-2H3. The minimum Gasteiger partial charge on any atom is -0.339 e. The number of nitrogens with zero attached hydrogens (tertiary/aromatic N) is 3. The Morgan fingerprint density at radius 2 is 1.77 bits per heavy atom. The van der Waals surface area contributed by atoms with E-state index < -0.39 is 10.0 Å². The van der Waals surface area contributed by atoms with Gasteiger partial charge in [-0.1, -0.05) is 82.2 Å². The Labute approximate surface area is 207 Å². The lowest BCUT2D eigenvalue weighted by atomic mass is 9.74.